The molecular formula is C15H23IN2O. The lowest BCUT2D eigenvalue weighted by Gasteiger charge is -2.26. The lowest BCUT2D eigenvalue weighted by atomic mass is 10.0. The number of rotatable bonds is 6. The van der Waals surface area contributed by atoms with E-state index in [1.807, 2.05) is 24.3 Å². The Morgan fingerprint density at radius 2 is 1.84 bits per heavy atom. The molecule has 0 fully saturated rings. The summed E-state index contributed by atoms with van der Waals surface area (Å²) in [6.07, 6.45) is 1.08. The third-order valence-corrected chi connectivity index (χ3v) is 3.80. The molecule has 0 radical (unpaired) electrons. The molecule has 0 aliphatic carbocycles. The van der Waals surface area contributed by atoms with E-state index in [-0.39, 0.29) is 5.91 Å². The third kappa shape index (κ3) is 5.91. The number of hydrogen-bond acceptors (Lipinski definition) is 2. The number of nitrogens with one attached hydrogen (secondary N) is 1. The molecule has 1 aromatic rings. The molecule has 19 heavy (non-hydrogen) atoms. The molecule has 0 saturated carbocycles. The molecule has 0 heterocycles. The van der Waals surface area contributed by atoms with Crippen LogP contribution >= 0.6 is 22.6 Å². The maximum Gasteiger partial charge on any atom is 0.251 e. The quantitative estimate of drug-likeness (QED) is 0.777. The van der Waals surface area contributed by atoms with Gasteiger partial charge in [-0.3, -0.25) is 4.79 Å². The highest BCUT2D eigenvalue weighted by Gasteiger charge is 2.15. The highest BCUT2D eigenvalue weighted by Crippen LogP contribution is 2.09. The molecule has 1 atom stereocenters. The Hall–Kier alpha value is -0.620. The first-order valence-corrected chi connectivity index (χ1v) is 7.68. The summed E-state index contributed by atoms with van der Waals surface area (Å²) < 4.78 is 1.14. The van der Waals surface area contributed by atoms with Crippen LogP contribution in [0.5, 0.6) is 0 Å². The second-order valence-electron chi connectivity index (χ2n) is 5.46. The van der Waals surface area contributed by atoms with Gasteiger partial charge < -0.3 is 10.2 Å². The van der Waals surface area contributed by atoms with Gasteiger partial charge in [0.15, 0.2) is 0 Å². The summed E-state index contributed by atoms with van der Waals surface area (Å²) in [5, 5.41) is 3.02. The van der Waals surface area contributed by atoms with Crippen LogP contribution in [0.15, 0.2) is 24.3 Å². The van der Waals surface area contributed by atoms with Gasteiger partial charge in [0, 0.05) is 21.7 Å². The van der Waals surface area contributed by atoms with Crippen molar-refractivity contribution < 1.29 is 4.79 Å². The van der Waals surface area contributed by atoms with Gasteiger partial charge in [-0.2, -0.15) is 0 Å². The van der Waals surface area contributed by atoms with Gasteiger partial charge in [0.25, 0.3) is 5.91 Å². The van der Waals surface area contributed by atoms with E-state index in [1.165, 1.54) is 0 Å². The Balaban J connectivity index is 2.54. The lowest BCUT2D eigenvalue weighted by molar-refractivity contribution is 0.0938. The molecule has 0 aliphatic rings. The fourth-order valence-electron chi connectivity index (χ4n) is 1.93. The minimum Gasteiger partial charge on any atom is -0.350 e. The van der Waals surface area contributed by atoms with Crippen LogP contribution in [0.2, 0.25) is 0 Å². The van der Waals surface area contributed by atoms with Crippen LogP contribution in [0.4, 0.5) is 0 Å². The van der Waals surface area contributed by atoms with E-state index in [0.717, 1.165) is 15.6 Å². The molecule has 0 aromatic heterocycles. The standard InChI is InChI=1S/C15H23IN2O/c1-11(2)9-14(18(3)4)10-17-15(19)12-5-7-13(16)8-6-12/h5-8,11,14H,9-10H2,1-4H3,(H,17,19). The third-order valence-electron chi connectivity index (χ3n) is 3.08. The number of hydrogen-bond donors (Lipinski definition) is 1. The van der Waals surface area contributed by atoms with Gasteiger partial charge in [-0.25, -0.2) is 0 Å². The monoisotopic (exact) mass is 374 g/mol. The van der Waals surface area contributed by atoms with E-state index in [4.69, 9.17) is 0 Å². The Labute approximate surface area is 129 Å². The summed E-state index contributed by atoms with van der Waals surface area (Å²) in [6, 6.07) is 8.02. The zero-order valence-electron chi connectivity index (χ0n) is 12.1. The number of halogens is 1. The number of carbonyl (C=O) groups excluding carboxylic acids is 1. The molecule has 106 valence electrons. The van der Waals surface area contributed by atoms with Crippen molar-refractivity contribution >= 4 is 28.5 Å². The summed E-state index contributed by atoms with van der Waals surface area (Å²) in [4.78, 5) is 14.2. The predicted octanol–water partition coefficient (Wildman–Crippen LogP) is 3.00. The molecule has 1 unspecified atom stereocenters. The van der Waals surface area contributed by atoms with Crippen molar-refractivity contribution in [3.63, 3.8) is 0 Å². The molecule has 1 N–H and O–H groups in total. The molecule has 1 rings (SSSR count). The van der Waals surface area contributed by atoms with Crippen LogP contribution in [-0.4, -0.2) is 37.5 Å². The average molecular weight is 374 g/mol. The number of likely N-dealkylation sites (N-methyl/N-ethyl adjacent to an activating group) is 1. The van der Waals surface area contributed by atoms with Gasteiger partial charge in [-0.05, 0) is 73.3 Å². The van der Waals surface area contributed by atoms with Gasteiger partial charge in [0.1, 0.15) is 0 Å². The molecule has 1 amide bonds. The zero-order chi connectivity index (χ0) is 14.4. The van der Waals surface area contributed by atoms with Crippen molar-refractivity contribution in [3.05, 3.63) is 33.4 Å². The number of nitrogens with zero attached hydrogens (tertiary/aromatic N) is 1. The van der Waals surface area contributed by atoms with Crippen molar-refractivity contribution in [1.82, 2.24) is 10.2 Å². The van der Waals surface area contributed by atoms with Crippen molar-refractivity contribution in [2.24, 2.45) is 5.92 Å². The van der Waals surface area contributed by atoms with E-state index in [9.17, 15) is 4.79 Å². The van der Waals surface area contributed by atoms with Crippen LogP contribution in [0.3, 0.4) is 0 Å². The molecule has 0 bridgehead atoms. The van der Waals surface area contributed by atoms with Crippen LogP contribution in [0.25, 0.3) is 0 Å². The number of amides is 1. The van der Waals surface area contributed by atoms with Crippen molar-refractivity contribution in [2.75, 3.05) is 20.6 Å². The summed E-state index contributed by atoms with van der Waals surface area (Å²) in [5.74, 6) is 0.634. The number of carbonyl (C=O) groups is 1. The Bertz CT molecular complexity index is 401. The van der Waals surface area contributed by atoms with Gasteiger partial charge in [0.05, 0.1) is 0 Å². The molecule has 0 spiro atoms. The highest BCUT2D eigenvalue weighted by atomic mass is 127. The smallest absolute Gasteiger partial charge is 0.251 e. The lowest BCUT2D eigenvalue weighted by Crippen LogP contribution is -2.41. The fraction of sp³-hybridized carbons (Fsp3) is 0.533. The van der Waals surface area contributed by atoms with E-state index < -0.39 is 0 Å². The molecule has 0 aliphatic heterocycles. The Morgan fingerprint density at radius 1 is 1.26 bits per heavy atom. The summed E-state index contributed by atoms with van der Waals surface area (Å²) in [5.41, 5.74) is 0.725. The van der Waals surface area contributed by atoms with E-state index in [2.05, 4.69) is 60.8 Å². The van der Waals surface area contributed by atoms with Gasteiger partial charge in [0.2, 0.25) is 0 Å². The van der Waals surface area contributed by atoms with Crippen molar-refractivity contribution in [3.8, 4) is 0 Å². The molecule has 4 heteroatoms. The first-order valence-electron chi connectivity index (χ1n) is 6.60. The number of benzene rings is 1. The SMILES string of the molecule is CC(C)CC(CNC(=O)c1ccc(I)cc1)N(C)C. The molecule has 1 aromatic carbocycles. The fourth-order valence-corrected chi connectivity index (χ4v) is 2.29. The van der Waals surface area contributed by atoms with Crippen LogP contribution in [-0.2, 0) is 0 Å². The second-order valence-corrected chi connectivity index (χ2v) is 6.71. The van der Waals surface area contributed by atoms with E-state index in [1.54, 1.807) is 0 Å². The Kier molecular flexibility index (Phi) is 6.79. The van der Waals surface area contributed by atoms with Gasteiger partial charge >= 0.3 is 0 Å². The molecular weight excluding hydrogens is 351 g/mol. The summed E-state index contributed by atoms with van der Waals surface area (Å²) in [6.45, 7) is 5.10. The maximum atomic E-state index is 12.0. The van der Waals surface area contributed by atoms with Gasteiger partial charge in [-0.15, -0.1) is 0 Å². The summed E-state index contributed by atoms with van der Waals surface area (Å²) >= 11 is 2.24. The first-order chi connectivity index (χ1) is 8.90. The van der Waals surface area contributed by atoms with Crippen LogP contribution in [0, 0.1) is 9.49 Å². The molecule has 3 nitrogen and oxygen atoms in total. The zero-order valence-corrected chi connectivity index (χ0v) is 14.3. The predicted molar refractivity (Wildman–Crippen MR) is 88.4 cm³/mol. The first kappa shape index (κ1) is 16.4. The van der Waals surface area contributed by atoms with Gasteiger partial charge in [-0.1, -0.05) is 13.8 Å². The van der Waals surface area contributed by atoms with Crippen LogP contribution in [0.1, 0.15) is 30.6 Å². The summed E-state index contributed by atoms with van der Waals surface area (Å²) in [7, 11) is 4.12. The maximum absolute atomic E-state index is 12.0. The Morgan fingerprint density at radius 3 is 2.32 bits per heavy atom. The average Bonchev–Trinajstić information content (AvgIpc) is 2.34. The molecule has 0 saturated heterocycles. The highest BCUT2D eigenvalue weighted by molar-refractivity contribution is 14.1. The van der Waals surface area contributed by atoms with Crippen molar-refractivity contribution in [1.29, 1.82) is 0 Å². The normalized spacial score (nSPS) is 12.8. The van der Waals surface area contributed by atoms with E-state index >= 15 is 0 Å². The van der Waals surface area contributed by atoms with E-state index in [0.29, 0.717) is 18.5 Å². The minimum absolute atomic E-state index is 0.00649. The van der Waals surface area contributed by atoms with Crippen LogP contribution < -0.4 is 5.32 Å². The van der Waals surface area contributed by atoms with Crippen molar-refractivity contribution in [2.45, 2.75) is 26.3 Å². The minimum atomic E-state index is 0.00649. The largest absolute Gasteiger partial charge is 0.350 e. The second kappa shape index (κ2) is 7.85. The topological polar surface area (TPSA) is 32.3 Å².